The van der Waals surface area contributed by atoms with Crippen LogP contribution >= 0.6 is 23.2 Å². The van der Waals surface area contributed by atoms with E-state index >= 15 is 0 Å². The van der Waals surface area contributed by atoms with E-state index in [0.717, 1.165) is 0 Å². The minimum atomic E-state index is -3.09. The maximum Gasteiger partial charge on any atom is 0.387 e. The lowest BCUT2D eigenvalue weighted by molar-refractivity contribution is -0.143. The zero-order valence-corrected chi connectivity index (χ0v) is 18.7. The SMILES string of the molecule is O=C(CNCCCOc1cc(C(=O)Nc2c(Cl)cncc2Cl)ccc1OC(F)F)OCCO. The van der Waals surface area contributed by atoms with Crippen LogP contribution in [-0.2, 0) is 9.53 Å². The Hall–Kier alpha value is -2.73. The number of halogens is 4. The van der Waals surface area contributed by atoms with Crippen molar-refractivity contribution in [2.45, 2.75) is 13.0 Å². The molecule has 2 aromatic rings. The molecule has 13 heteroatoms. The Morgan fingerprint density at radius 3 is 2.52 bits per heavy atom. The first-order valence-corrected chi connectivity index (χ1v) is 10.4. The lowest BCUT2D eigenvalue weighted by atomic mass is 10.2. The highest BCUT2D eigenvalue weighted by molar-refractivity contribution is 6.39. The lowest BCUT2D eigenvalue weighted by Gasteiger charge is -2.14. The van der Waals surface area contributed by atoms with E-state index in [2.05, 4.69) is 25.1 Å². The van der Waals surface area contributed by atoms with E-state index in [9.17, 15) is 18.4 Å². The standard InChI is InChI=1S/C20H21Cl2F2N3O6/c21-13-9-26-10-14(22)18(13)27-19(30)12-2-3-15(33-20(23)24)16(8-12)31-6-1-4-25-11-17(29)32-7-5-28/h2-3,8-10,20,25,28H,1,4-7,11H2,(H,26,27,30). The molecule has 2 rings (SSSR count). The van der Waals surface area contributed by atoms with Crippen LogP contribution in [0.4, 0.5) is 14.5 Å². The number of benzene rings is 1. The highest BCUT2D eigenvalue weighted by atomic mass is 35.5. The van der Waals surface area contributed by atoms with Crippen molar-refractivity contribution in [3.8, 4) is 11.5 Å². The number of nitrogens with one attached hydrogen (secondary N) is 2. The minimum Gasteiger partial charge on any atom is -0.490 e. The second-order valence-corrected chi connectivity index (χ2v) is 7.11. The van der Waals surface area contributed by atoms with E-state index in [-0.39, 0.29) is 59.2 Å². The van der Waals surface area contributed by atoms with Crippen LogP contribution in [-0.4, -0.2) is 61.5 Å². The number of amides is 1. The van der Waals surface area contributed by atoms with Gasteiger partial charge >= 0.3 is 12.6 Å². The van der Waals surface area contributed by atoms with Gasteiger partial charge in [0.05, 0.1) is 35.5 Å². The van der Waals surface area contributed by atoms with Gasteiger partial charge in [-0.25, -0.2) is 0 Å². The quantitative estimate of drug-likeness (QED) is 0.279. The largest absolute Gasteiger partial charge is 0.490 e. The minimum absolute atomic E-state index is 0.0600. The Bertz CT molecular complexity index is 932. The van der Waals surface area contributed by atoms with Crippen LogP contribution in [0.5, 0.6) is 11.5 Å². The molecule has 1 heterocycles. The molecule has 0 atom stereocenters. The molecule has 1 aromatic heterocycles. The predicted octanol–water partition coefficient (Wildman–Crippen LogP) is 3.14. The molecule has 33 heavy (non-hydrogen) atoms. The van der Waals surface area contributed by atoms with Crippen molar-refractivity contribution in [3.05, 3.63) is 46.2 Å². The van der Waals surface area contributed by atoms with E-state index < -0.39 is 18.5 Å². The molecule has 1 amide bonds. The van der Waals surface area contributed by atoms with E-state index in [1.807, 2.05) is 0 Å². The summed E-state index contributed by atoms with van der Waals surface area (Å²) in [5, 5.41) is 14.2. The summed E-state index contributed by atoms with van der Waals surface area (Å²) >= 11 is 12.0. The number of nitrogens with zero attached hydrogens (tertiary/aromatic N) is 1. The Morgan fingerprint density at radius 2 is 1.85 bits per heavy atom. The zero-order chi connectivity index (χ0) is 24.2. The predicted molar refractivity (Wildman–Crippen MR) is 116 cm³/mol. The van der Waals surface area contributed by atoms with Gasteiger partial charge < -0.3 is 30.0 Å². The number of hydrogen-bond donors (Lipinski definition) is 3. The highest BCUT2D eigenvalue weighted by Gasteiger charge is 2.17. The Kier molecular flexibility index (Phi) is 11.0. The van der Waals surface area contributed by atoms with Crippen molar-refractivity contribution in [3.63, 3.8) is 0 Å². The Balaban J connectivity index is 1.98. The first kappa shape index (κ1) is 26.5. The third-order valence-corrected chi connectivity index (χ3v) is 4.47. The van der Waals surface area contributed by atoms with Gasteiger partial charge in [-0.1, -0.05) is 23.2 Å². The fourth-order valence-electron chi connectivity index (χ4n) is 2.45. The molecule has 3 N–H and O–H groups in total. The maximum absolute atomic E-state index is 12.7. The fraction of sp³-hybridized carbons (Fsp3) is 0.350. The van der Waals surface area contributed by atoms with Gasteiger partial charge in [-0.15, -0.1) is 0 Å². The summed E-state index contributed by atoms with van der Waals surface area (Å²) in [6.07, 6.45) is 3.01. The summed E-state index contributed by atoms with van der Waals surface area (Å²) in [5.74, 6) is -1.45. The van der Waals surface area contributed by atoms with Crippen molar-refractivity contribution >= 4 is 40.8 Å². The van der Waals surface area contributed by atoms with Crippen LogP contribution in [0.2, 0.25) is 10.0 Å². The third-order valence-electron chi connectivity index (χ3n) is 3.89. The molecule has 9 nitrogen and oxygen atoms in total. The average Bonchev–Trinajstić information content (AvgIpc) is 2.77. The van der Waals surface area contributed by atoms with Gasteiger partial charge in [0.2, 0.25) is 0 Å². The van der Waals surface area contributed by atoms with Crippen molar-refractivity contribution in [2.75, 3.05) is 38.2 Å². The number of aliphatic hydroxyl groups is 1. The first-order valence-electron chi connectivity index (χ1n) is 9.61. The summed E-state index contributed by atoms with van der Waals surface area (Å²) in [6.45, 7) is -3.06. The van der Waals surface area contributed by atoms with Gasteiger partial charge in [-0.05, 0) is 31.2 Å². The number of alkyl halides is 2. The molecular weight excluding hydrogens is 487 g/mol. The molecule has 0 radical (unpaired) electrons. The summed E-state index contributed by atoms with van der Waals surface area (Å²) in [4.78, 5) is 27.7. The Labute approximate surface area is 197 Å². The number of esters is 1. The molecule has 0 saturated carbocycles. The van der Waals surface area contributed by atoms with E-state index in [1.54, 1.807) is 0 Å². The number of carbonyl (C=O) groups excluding carboxylic acids is 2. The van der Waals surface area contributed by atoms with Gasteiger partial charge in [0.25, 0.3) is 5.91 Å². The summed E-state index contributed by atoms with van der Waals surface area (Å²) in [5.41, 5.74) is 0.234. The number of hydrogen-bond acceptors (Lipinski definition) is 8. The van der Waals surface area contributed by atoms with Gasteiger partial charge in [-0.2, -0.15) is 8.78 Å². The van der Waals surface area contributed by atoms with E-state index in [1.165, 1.54) is 30.6 Å². The molecule has 180 valence electrons. The molecule has 0 fully saturated rings. The number of anilines is 1. The monoisotopic (exact) mass is 507 g/mol. The lowest BCUT2D eigenvalue weighted by Crippen LogP contribution is -2.27. The van der Waals surface area contributed by atoms with Crippen LogP contribution in [0.25, 0.3) is 0 Å². The number of carbonyl (C=O) groups is 2. The first-order chi connectivity index (χ1) is 15.8. The summed E-state index contributed by atoms with van der Waals surface area (Å²) in [6, 6.07) is 3.71. The van der Waals surface area contributed by atoms with Crippen LogP contribution in [0.15, 0.2) is 30.6 Å². The van der Waals surface area contributed by atoms with Crippen molar-refractivity contribution in [2.24, 2.45) is 0 Å². The number of pyridine rings is 1. The van der Waals surface area contributed by atoms with E-state index in [4.69, 9.17) is 33.0 Å². The van der Waals surface area contributed by atoms with Crippen LogP contribution in [0.3, 0.4) is 0 Å². The van der Waals surface area contributed by atoms with Crippen molar-refractivity contribution in [1.29, 1.82) is 0 Å². The molecule has 0 bridgehead atoms. The second kappa shape index (κ2) is 13.7. The normalized spacial score (nSPS) is 10.7. The molecule has 0 aliphatic carbocycles. The zero-order valence-electron chi connectivity index (χ0n) is 17.2. The van der Waals surface area contributed by atoms with Gasteiger partial charge in [-0.3, -0.25) is 14.6 Å². The molecule has 0 aliphatic heterocycles. The second-order valence-electron chi connectivity index (χ2n) is 6.30. The fourth-order valence-corrected chi connectivity index (χ4v) is 2.91. The van der Waals surface area contributed by atoms with Crippen molar-refractivity contribution in [1.82, 2.24) is 10.3 Å². The summed E-state index contributed by atoms with van der Waals surface area (Å²) < 4.78 is 40.1. The van der Waals surface area contributed by atoms with Crippen LogP contribution in [0.1, 0.15) is 16.8 Å². The Morgan fingerprint density at radius 1 is 1.12 bits per heavy atom. The third kappa shape index (κ3) is 8.97. The number of ether oxygens (including phenoxy) is 3. The maximum atomic E-state index is 12.7. The molecule has 0 spiro atoms. The number of rotatable bonds is 13. The van der Waals surface area contributed by atoms with Gasteiger partial charge in [0.1, 0.15) is 6.61 Å². The van der Waals surface area contributed by atoms with E-state index in [0.29, 0.717) is 13.0 Å². The number of aliphatic hydroxyl groups excluding tert-OH is 1. The van der Waals surface area contributed by atoms with Gasteiger partial charge in [0, 0.05) is 18.0 Å². The topological polar surface area (TPSA) is 119 Å². The van der Waals surface area contributed by atoms with Crippen LogP contribution in [0, 0.1) is 0 Å². The molecule has 0 aliphatic rings. The summed E-state index contributed by atoms with van der Waals surface area (Å²) in [7, 11) is 0. The molecule has 0 unspecified atom stereocenters. The van der Waals surface area contributed by atoms with Crippen molar-refractivity contribution < 1.29 is 37.7 Å². The molecule has 0 saturated heterocycles. The molecular formula is C20H21Cl2F2N3O6. The average molecular weight is 508 g/mol. The smallest absolute Gasteiger partial charge is 0.387 e. The van der Waals surface area contributed by atoms with Gasteiger partial charge in [0.15, 0.2) is 11.5 Å². The van der Waals surface area contributed by atoms with Crippen LogP contribution < -0.4 is 20.1 Å². The number of aromatic nitrogens is 1. The molecule has 1 aromatic carbocycles. The highest BCUT2D eigenvalue weighted by Crippen LogP contribution is 2.32.